The average Bonchev–Trinajstić information content (AvgIpc) is 2.36. The van der Waals surface area contributed by atoms with Gasteiger partial charge in [0, 0.05) is 13.1 Å². The molecule has 0 fully saturated rings. The quantitative estimate of drug-likeness (QED) is 0.609. The van der Waals surface area contributed by atoms with Crippen LogP contribution in [0, 0.1) is 0 Å². The maximum Gasteiger partial charge on any atom is 0.242 e. The summed E-state index contributed by atoms with van der Waals surface area (Å²) in [6.07, 6.45) is 7.62. The van der Waals surface area contributed by atoms with E-state index in [-0.39, 0.29) is 5.91 Å². The Morgan fingerprint density at radius 1 is 1.00 bits per heavy atom. The van der Waals surface area contributed by atoms with Crippen LogP contribution in [0.25, 0.3) is 0 Å². The second-order valence-electron chi connectivity index (χ2n) is 5.48. The van der Waals surface area contributed by atoms with Crippen LogP contribution in [0.2, 0.25) is 0 Å². The Morgan fingerprint density at radius 3 is 1.78 bits per heavy atom. The monoisotopic (exact) mass is 256 g/mol. The molecule has 1 amide bonds. The van der Waals surface area contributed by atoms with Crippen LogP contribution in [0.5, 0.6) is 0 Å². The number of unbranched alkanes of at least 4 members (excludes halogenated alkanes) is 4. The van der Waals surface area contributed by atoms with E-state index in [2.05, 4.69) is 13.8 Å². The highest BCUT2D eigenvalue weighted by atomic mass is 16.2. The maximum atomic E-state index is 12.4. The van der Waals surface area contributed by atoms with Gasteiger partial charge < -0.3 is 10.6 Å². The van der Waals surface area contributed by atoms with Crippen LogP contribution >= 0.6 is 0 Å². The van der Waals surface area contributed by atoms with Crippen LogP contribution in [0.3, 0.4) is 0 Å². The molecule has 0 spiro atoms. The molecular weight excluding hydrogens is 224 g/mol. The third kappa shape index (κ3) is 6.39. The van der Waals surface area contributed by atoms with Gasteiger partial charge >= 0.3 is 0 Å². The van der Waals surface area contributed by atoms with Crippen molar-refractivity contribution in [2.75, 3.05) is 13.1 Å². The van der Waals surface area contributed by atoms with E-state index in [1.165, 1.54) is 25.7 Å². The molecule has 3 nitrogen and oxygen atoms in total. The summed E-state index contributed by atoms with van der Waals surface area (Å²) >= 11 is 0. The van der Waals surface area contributed by atoms with E-state index in [0.717, 1.165) is 25.9 Å². The molecule has 108 valence electrons. The van der Waals surface area contributed by atoms with Gasteiger partial charge in [0.25, 0.3) is 0 Å². The minimum atomic E-state index is -0.696. The summed E-state index contributed by atoms with van der Waals surface area (Å²) in [6, 6.07) is 0. The highest BCUT2D eigenvalue weighted by Crippen LogP contribution is 2.12. The Morgan fingerprint density at radius 2 is 1.44 bits per heavy atom. The molecule has 0 aliphatic heterocycles. The Labute approximate surface area is 113 Å². The molecule has 1 unspecified atom stereocenters. The zero-order valence-corrected chi connectivity index (χ0v) is 12.8. The largest absolute Gasteiger partial charge is 0.341 e. The van der Waals surface area contributed by atoms with Gasteiger partial charge in [0.15, 0.2) is 0 Å². The Kier molecular flexibility index (Phi) is 9.08. The lowest BCUT2D eigenvalue weighted by Gasteiger charge is -2.31. The lowest BCUT2D eigenvalue weighted by atomic mass is 9.98. The molecule has 0 heterocycles. The smallest absolute Gasteiger partial charge is 0.242 e. The fourth-order valence-electron chi connectivity index (χ4n) is 1.93. The van der Waals surface area contributed by atoms with E-state index >= 15 is 0 Å². The molecule has 18 heavy (non-hydrogen) atoms. The van der Waals surface area contributed by atoms with Crippen molar-refractivity contribution in [2.24, 2.45) is 5.73 Å². The minimum Gasteiger partial charge on any atom is -0.341 e. The van der Waals surface area contributed by atoms with Gasteiger partial charge in [-0.3, -0.25) is 4.79 Å². The van der Waals surface area contributed by atoms with Gasteiger partial charge in [0.05, 0.1) is 5.54 Å². The van der Waals surface area contributed by atoms with Crippen molar-refractivity contribution in [3.05, 3.63) is 0 Å². The summed E-state index contributed by atoms with van der Waals surface area (Å²) in [6.45, 7) is 9.92. The molecule has 0 aromatic heterocycles. The van der Waals surface area contributed by atoms with Gasteiger partial charge in [-0.1, -0.05) is 46.5 Å². The normalized spacial score (nSPS) is 14.3. The summed E-state index contributed by atoms with van der Waals surface area (Å²) < 4.78 is 0. The predicted octanol–water partition coefficient (Wildman–Crippen LogP) is 3.32. The van der Waals surface area contributed by atoms with E-state index in [4.69, 9.17) is 5.73 Å². The average molecular weight is 256 g/mol. The van der Waals surface area contributed by atoms with E-state index in [9.17, 15) is 4.79 Å². The van der Waals surface area contributed by atoms with Crippen LogP contribution in [-0.2, 0) is 4.79 Å². The van der Waals surface area contributed by atoms with Crippen molar-refractivity contribution in [1.82, 2.24) is 4.90 Å². The van der Waals surface area contributed by atoms with Gasteiger partial charge in [0.2, 0.25) is 5.91 Å². The molecule has 0 aromatic carbocycles. The highest BCUT2D eigenvalue weighted by Gasteiger charge is 2.30. The number of carbonyl (C=O) groups excluding carboxylic acids is 1. The molecule has 1 atom stereocenters. The lowest BCUT2D eigenvalue weighted by molar-refractivity contribution is -0.136. The molecular formula is C15H32N2O. The zero-order chi connectivity index (χ0) is 14.0. The van der Waals surface area contributed by atoms with E-state index in [1.807, 2.05) is 18.7 Å². The summed E-state index contributed by atoms with van der Waals surface area (Å²) in [7, 11) is 0. The van der Waals surface area contributed by atoms with E-state index in [0.29, 0.717) is 6.42 Å². The number of nitrogens with zero attached hydrogens (tertiary/aromatic N) is 1. The number of amides is 1. The van der Waals surface area contributed by atoms with Crippen molar-refractivity contribution in [2.45, 2.75) is 78.2 Å². The van der Waals surface area contributed by atoms with Gasteiger partial charge in [-0.2, -0.15) is 0 Å². The third-order valence-corrected chi connectivity index (χ3v) is 3.57. The van der Waals surface area contributed by atoms with Crippen molar-refractivity contribution in [1.29, 1.82) is 0 Å². The molecule has 0 aromatic rings. The summed E-state index contributed by atoms with van der Waals surface area (Å²) in [4.78, 5) is 14.4. The first-order valence-corrected chi connectivity index (χ1v) is 7.57. The minimum absolute atomic E-state index is 0.122. The van der Waals surface area contributed by atoms with Crippen LogP contribution in [0.15, 0.2) is 0 Å². The SMILES string of the molecule is CCCCCN(CCCCC)C(=O)C(C)(N)CC. The first-order valence-electron chi connectivity index (χ1n) is 7.57. The van der Waals surface area contributed by atoms with Gasteiger partial charge in [-0.25, -0.2) is 0 Å². The lowest BCUT2D eigenvalue weighted by Crippen LogP contribution is -2.53. The first kappa shape index (κ1) is 17.4. The van der Waals surface area contributed by atoms with Crippen LogP contribution < -0.4 is 5.73 Å². The standard InChI is InChI=1S/C15H32N2O/c1-5-8-10-12-17(13-11-9-6-2)14(18)15(4,16)7-3/h5-13,16H2,1-4H3. The van der Waals surface area contributed by atoms with Crippen molar-refractivity contribution < 1.29 is 4.79 Å². The van der Waals surface area contributed by atoms with Crippen molar-refractivity contribution in [3.8, 4) is 0 Å². The molecule has 0 rings (SSSR count). The van der Waals surface area contributed by atoms with Crippen LogP contribution in [0.1, 0.15) is 72.6 Å². The summed E-state index contributed by atoms with van der Waals surface area (Å²) in [5.74, 6) is 0.122. The fourth-order valence-corrected chi connectivity index (χ4v) is 1.93. The molecule has 0 radical (unpaired) electrons. The van der Waals surface area contributed by atoms with Crippen molar-refractivity contribution >= 4 is 5.91 Å². The highest BCUT2D eigenvalue weighted by molar-refractivity contribution is 5.85. The molecule has 0 saturated carbocycles. The Bertz CT molecular complexity index is 217. The van der Waals surface area contributed by atoms with Gasteiger partial charge in [-0.15, -0.1) is 0 Å². The number of carbonyl (C=O) groups is 1. The summed E-state index contributed by atoms with van der Waals surface area (Å²) in [5.41, 5.74) is 5.38. The molecule has 3 heteroatoms. The van der Waals surface area contributed by atoms with Crippen molar-refractivity contribution in [3.63, 3.8) is 0 Å². The molecule has 2 N–H and O–H groups in total. The van der Waals surface area contributed by atoms with E-state index in [1.54, 1.807) is 0 Å². The van der Waals surface area contributed by atoms with Gasteiger partial charge in [-0.05, 0) is 26.2 Å². The molecule has 0 saturated heterocycles. The topological polar surface area (TPSA) is 46.3 Å². The second kappa shape index (κ2) is 9.37. The number of rotatable bonds is 10. The second-order valence-corrected chi connectivity index (χ2v) is 5.48. The van der Waals surface area contributed by atoms with Crippen LogP contribution in [0.4, 0.5) is 0 Å². The van der Waals surface area contributed by atoms with Crippen LogP contribution in [-0.4, -0.2) is 29.4 Å². The summed E-state index contributed by atoms with van der Waals surface area (Å²) in [5, 5.41) is 0. The molecule has 0 aliphatic rings. The third-order valence-electron chi connectivity index (χ3n) is 3.57. The Balaban J connectivity index is 4.38. The molecule has 0 bridgehead atoms. The first-order chi connectivity index (χ1) is 8.49. The number of hydrogen-bond donors (Lipinski definition) is 1. The van der Waals surface area contributed by atoms with E-state index < -0.39 is 5.54 Å². The number of hydrogen-bond acceptors (Lipinski definition) is 2. The number of nitrogens with two attached hydrogens (primary N) is 1. The fraction of sp³-hybridized carbons (Fsp3) is 0.933. The zero-order valence-electron chi connectivity index (χ0n) is 12.8. The maximum absolute atomic E-state index is 12.4. The predicted molar refractivity (Wildman–Crippen MR) is 78.5 cm³/mol. The van der Waals surface area contributed by atoms with Gasteiger partial charge in [0.1, 0.15) is 0 Å². The Hall–Kier alpha value is -0.570. The molecule has 0 aliphatic carbocycles.